The van der Waals surface area contributed by atoms with Crippen molar-refractivity contribution < 1.29 is 0 Å². The van der Waals surface area contributed by atoms with Gasteiger partial charge in [0.15, 0.2) is 5.65 Å². The maximum absolute atomic E-state index is 11.8. The van der Waals surface area contributed by atoms with Crippen molar-refractivity contribution >= 4 is 21.6 Å². The summed E-state index contributed by atoms with van der Waals surface area (Å²) in [7, 11) is 0. The highest BCUT2D eigenvalue weighted by Crippen LogP contribution is 2.24. The Morgan fingerprint density at radius 3 is 2.72 bits per heavy atom. The van der Waals surface area contributed by atoms with E-state index in [0.717, 1.165) is 21.3 Å². The number of H-pyrrole nitrogens is 1. The minimum atomic E-state index is -0.0964. The minimum absolute atomic E-state index is 0.0964. The predicted molar refractivity (Wildman–Crippen MR) is 73.7 cm³/mol. The highest BCUT2D eigenvalue weighted by Gasteiger charge is 2.09. The standard InChI is InChI=1S/C13H10BrN3O/c1-8-6-12(18)17-13(16-8)11(7-15-17)9-2-4-10(14)5-3-9/h2-7,15H,1H3. The van der Waals surface area contributed by atoms with Gasteiger partial charge in [0, 0.05) is 28.0 Å². The van der Waals surface area contributed by atoms with Crippen molar-refractivity contribution in [1.29, 1.82) is 0 Å². The number of aryl methyl sites for hydroxylation is 1. The zero-order valence-corrected chi connectivity index (χ0v) is 11.2. The van der Waals surface area contributed by atoms with Gasteiger partial charge in [0.25, 0.3) is 5.56 Å². The largest absolute Gasteiger partial charge is 0.296 e. The Labute approximate surface area is 111 Å². The highest BCUT2D eigenvalue weighted by molar-refractivity contribution is 9.10. The maximum Gasteiger partial charge on any atom is 0.272 e. The lowest BCUT2D eigenvalue weighted by Crippen LogP contribution is -2.14. The number of nitrogens with one attached hydrogen (secondary N) is 1. The number of fused-ring (bicyclic) bond motifs is 1. The Morgan fingerprint density at radius 2 is 2.00 bits per heavy atom. The lowest BCUT2D eigenvalue weighted by atomic mass is 10.1. The van der Waals surface area contributed by atoms with E-state index in [-0.39, 0.29) is 5.56 Å². The second-order valence-corrected chi connectivity index (χ2v) is 5.00. The molecule has 0 amide bonds. The first-order chi connectivity index (χ1) is 8.65. The van der Waals surface area contributed by atoms with Gasteiger partial charge in [-0.2, -0.15) is 0 Å². The number of aromatic nitrogens is 3. The van der Waals surface area contributed by atoms with Crippen LogP contribution in [0.3, 0.4) is 0 Å². The predicted octanol–water partition coefficient (Wildman–Crippen LogP) is 2.76. The van der Waals surface area contributed by atoms with Crippen molar-refractivity contribution in [2.24, 2.45) is 0 Å². The minimum Gasteiger partial charge on any atom is -0.296 e. The van der Waals surface area contributed by atoms with Gasteiger partial charge in [-0.25, -0.2) is 9.50 Å². The Morgan fingerprint density at radius 1 is 1.28 bits per heavy atom. The number of benzene rings is 1. The fourth-order valence-electron chi connectivity index (χ4n) is 1.94. The monoisotopic (exact) mass is 303 g/mol. The number of hydrogen-bond donors (Lipinski definition) is 1. The van der Waals surface area contributed by atoms with Gasteiger partial charge < -0.3 is 0 Å². The summed E-state index contributed by atoms with van der Waals surface area (Å²) < 4.78 is 2.47. The second-order valence-electron chi connectivity index (χ2n) is 4.09. The molecule has 0 atom stereocenters. The smallest absolute Gasteiger partial charge is 0.272 e. The van der Waals surface area contributed by atoms with Gasteiger partial charge in [0.2, 0.25) is 0 Å². The summed E-state index contributed by atoms with van der Waals surface area (Å²) in [5.74, 6) is 0. The molecule has 4 nitrogen and oxygen atoms in total. The van der Waals surface area contributed by atoms with Crippen molar-refractivity contribution in [3.05, 3.63) is 57.0 Å². The number of rotatable bonds is 1. The van der Waals surface area contributed by atoms with Crippen LogP contribution in [0, 0.1) is 6.92 Å². The van der Waals surface area contributed by atoms with Crippen LogP contribution < -0.4 is 5.56 Å². The van der Waals surface area contributed by atoms with E-state index in [1.807, 2.05) is 31.2 Å². The Hall–Kier alpha value is -1.88. The average molecular weight is 304 g/mol. The van der Waals surface area contributed by atoms with E-state index in [1.165, 1.54) is 10.6 Å². The molecule has 2 aromatic heterocycles. The van der Waals surface area contributed by atoms with Crippen LogP contribution in [0.15, 0.2) is 45.8 Å². The number of halogens is 1. The highest BCUT2D eigenvalue weighted by atomic mass is 79.9. The summed E-state index contributed by atoms with van der Waals surface area (Å²) in [6.07, 6.45) is 1.80. The van der Waals surface area contributed by atoms with Crippen LogP contribution in [-0.4, -0.2) is 14.6 Å². The zero-order valence-electron chi connectivity index (χ0n) is 9.64. The van der Waals surface area contributed by atoms with Gasteiger partial charge in [-0.05, 0) is 24.6 Å². The first-order valence-electron chi connectivity index (χ1n) is 5.49. The van der Waals surface area contributed by atoms with Gasteiger partial charge in [0.1, 0.15) is 0 Å². The number of aromatic amines is 1. The van der Waals surface area contributed by atoms with Crippen molar-refractivity contribution in [3.8, 4) is 11.1 Å². The van der Waals surface area contributed by atoms with Gasteiger partial charge in [-0.15, -0.1) is 0 Å². The summed E-state index contributed by atoms with van der Waals surface area (Å²) in [5.41, 5.74) is 3.22. The molecule has 0 spiro atoms. The molecular weight excluding hydrogens is 294 g/mol. The van der Waals surface area contributed by atoms with E-state index < -0.39 is 0 Å². The van der Waals surface area contributed by atoms with Gasteiger partial charge in [-0.3, -0.25) is 9.89 Å². The molecule has 0 fully saturated rings. The molecular formula is C13H10BrN3O. The average Bonchev–Trinajstić information content (AvgIpc) is 2.74. The Bertz CT molecular complexity index is 771. The molecule has 1 N–H and O–H groups in total. The van der Waals surface area contributed by atoms with Crippen molar-refractivity contribution in [3.63, 3.8) is 0 Å². The molecule has 0 saturated heterocycles. The van der Waals surface area contributed by atoms with E-state index in [9.17, 15) is 4.79 Å². The number of hydrogen-bond acceptors (Lipinski definition) is 2. The first kappa shape index (κ1) is 11.2. The van der Waals surface area contributed by atoms with E-state index >= 15 is 0 Å². The Balaban J connectivity index is 2.30. The molecule has 2 heterocycles. The lowest BCUT2D eigenvalue weighted by Gasteiger charge is -2.00. The molecule has 0 aliphatic heterocycles. The summed E-state index contributed by atoms with van der Waals surface area (Å²) in [4.78, 5) is 16.2. The van der Waals surface area contributed by atoms with E-state index in [1.54, 1.807) is 6.20 Å². The number of nitrogens with zero attached hydrogens (tertiary/aromatic N) is 2. The summed E-state index contributed by atoms with van der Waals surface area (Å²) >= 11 is 3.40. The molecule has 0 bridgehead atoms. The Kier molecular flexibility index (Phi) is 2.56. The van der Waals surface area contributed by atoms with Crippen LogP contribution in [0.4, 0.5) is 0 Å². The van der Waals surface area contributed by atoms with E-state index in [0.29, 0.717) is 5.65 Å². The van der Waals surface area contributed by atoms with Gasteiger partial charge >= 0.3 is 0 Å². The molecule has 5 heteroatoms. The lowest BCUT2D eigenvalue weighted by molar-refractivity contribution is 0.890. The SMILES string of the molecule is Cc1cc(=O)n2[nH]cc(-c3ccc(Br)cc3)c2n1. The third-order valence-corrected chi connectivity index (χ3v) is 3.31. The van der Waals surface area contributed by atoms with E-state index in [4.69, 9.17) is 0 Å². The molecule has 0 unspecified atom stereocenters. The fraction of sp³-hybridized carbons (Fsp3) is 0.0769. The van der Waals surface area contributed by atoms with Crippen LogP contribution in [0.5, 0.6) is 0 Å². The normalized spacial score (nSPS) is 11.0. The maximum atomic E-state index is 11.8. The van der Waals surface area contributed by atoms with Crippen LogP contribution in [0.25, 0.3) is 16.8 Å². The van der Waals surface area contributed by atoms with Gasteiger partial charge in [0.05, 0.1) is 0 Å². The third-order valence-electron chi connectivity index (χ3n) is 2.78. The molecule has 0 saturated carbocycles. The summed E-state index contributed by atoms with van der Waals surface area (Å²) in [6.45, 7) is 1.82. The second kappa shape index (κ2) is 4.10. The zero-order chi connectivity index (χ0) is 12.7. The molecule has 0 aliphatic carbocycles. The third kappa shape index (κ3) is 1.76. The van der Waals surface area contributed by atoms with Crippen molar-refractivity contribution in [2.75, 3.05) is 0 Å². The first-order valence-corrected chi connectivity index (χ1v) is 6.28. The molecule has 90 valence electrons. The molecule has 18 heavy (non-hydrogen) atoms. The van der Waals surface area contributed by atoms with E-state index in [2.05, 4.69) is 26.0 Å². The molecule has 0 aliphatic rings. The molecule has 3 aromatic rings. The topological polar surface area (TPSA) is 50.2 Å². The van der Waals surface area contributed by atoms with Gasteiger partial charge in [-0.1, -0.05) is 28.1 Å². The summed E-state index contributed by atoms with van der Waals surface area (Å²) in [5, 5.41) is 2.93. The van der Waals surface area contributed by atoms with Crippen molar-refractivity contribution in [1.82, 2.24) is 14.6 Å². The molecule has 3 rings (SSSR count). The fourth-order valence-corrected chi connectivity index (χ4v) is 2.20. The van der Waals surface area contributed by atoms with Crippen LogP contribution in [0.1, 0.15) is 5.69 Å². The van der Waals surface area contributed by atoms with Crippen LogP contribution >= 0.6 is 15.9 Å². The van der Waals surface area contributed by atoms with Crippen LogP contribution in [-0.2, 0) is 0 Å². The molecule has 1 aromatic carbocycles. The van der Waals surface area contributed by atoms with Crippen LogP contribution in [0.2, 0.25) is 0 Å². The quantitative estimate of drug-likeness (QED) is 0.751. The van der Waals surface area contributed by atoms with Crippen molar-refractivity contribution in [2.45, 2.75) is 6.92 Å². The summed E-state index contributed by atoms with van der Waals surface area (Å²) in [6, 6.07) is 9.41. The molecule has 0 radical (unpaired) electrons.